The van der Waals surface area contributed by atoms with Crippen LogP contribution in [0.15, 0.2) is 42.4 Å². The van der Waals surface area contributed by atoms with Crippen molar-refractivity contribution in [3.05, 3.63) is 42.4 Å². The van der Waals surface area contributed by atoms with E-state index in [0.717, 1.165) is 43.2 Å². The Morgan fingerprint density at radius 1 is 1.26 bits per heavy atom. The highest BCUT2D eigenvalue weighted by Crippen LogP contribution is 2.37. The van der Waals surface area contributed by atoms with Gasteiger partial charge in [-0.25, -0.2) is 0 Å². The van der Waals surface area contributed by atoms with E-state index < -0.39 is 0 Å². The molecule has 1 heterocycles. The van der Waals surface area contributed by atoms with Crippen LogP contribution in [0.5, 0.6) is 5.75 Å². The van der Waals surface area contributed by atoms with Crippen LogP contribution in [0.4, 0.5) is 5.69 Å². The van der Waals surface area contributed by atoms with Crippen molar-refractivity contribution in [1.29, 1.82) is 10.8 Å². The number of hydrogen-bond donors (Lipinski definition) is 4. The minimum Gasteiger partial charge on any atom is -0.494 e. The predicted molar refractivity (Wildman–Crippen MR) is 141 cm³/mol. The maximum absolute atomic E-state index is 12.0. The second-order valence-electron chi connectivity index (χ2n) is 9.17. The molecule has 1 aromatic heterocycles. The van der Waals surface area contributed by atoms with Gasteiger partial charge in [0.2, 0.25) is 5.91 Å². The zero-order valence-corrected chi connectivity index (χ0v) is 21.3. The van der Waals surface area contributed by atoms with Crippen LogP contribution in [0, 0.1) is 16.7 Å². The van der Waals surface area contributed by atoms with Gasteiger partial charge in [0.05, 0.1) is 36.4 Å². The van der Waals surface area contributed by atoms with E-state index in [1.807, 2.05) is 24.4 Å². The molecule has 8 heteroatoms. The average Bonchev–Trinajstić information content (AvgIpc) is 3.58. The molecule has 4 N–H and O–H groups in total. The lowest BCUT2D eigenvalue weighted by molar-refractivity contribution is -0.120. The topological polar surface area (TPSA) is 116 Å². The third kappa shape index (κ3) is 7.04. The van der Waals surface area contributed by atoms with Gasteiger partial charge in [0.1, 0.15) is 11.6 Å². The molecule has 1 atom stereocenters. The van der Waals surface area contributed by atoms with Gasteiger partial charge in [-0.1, -0.05) is 45.2 Å². The monoisotopic (exact) mass is 478 g/mol. The van der Waals surface area contributed by atoms with Gasteiger partial charge in [0.25, 0.3) is 0 Å². The molecule has 0 spiro atoms. The molecule has 8 nitrogen and oxygen atoms in total. The highest BCUT2D eigenvalue weighted by molar-refractivity contribution is 6.09. The molecule has 0 radical (unpaired) electrons. The lowest BCUT2D eigenvalue weighted by Gasteiger charge is -2.17. The van der Waals surface area contributed by atoms with E-state index in [2.05, 4.69) is 40.5 Å². The average molecular weight is 479 g/mol. The smallest absolute Gasteiger partial charge is 0.228 e. The Labute approximate surface area is 208 Å². The van der Waals surface area contributed by atoms with Crippen LogP contribution in [0.2, 0.25) is 0 Å². The number of para-hydroxylation sites is 1. The van der Waals surface area contributed by atoms with Gasteiger partial charge >= 0.3 is 0 Å². The Hall–Kier alpha value is -3.42. The number of methoxy groups -OCH3 is 1. The van der Waals surface area contributed by atoms with Crippen LogP contribution in [-0.4, -0.2) is 34.3 Å². The van der Waals surface area contributed by atoms with Gasteiger partial charge in [0.15, 0.2) is 0 Å². The van der Waals surface area contributed by atoms with E-state index >= 15 is 0 Å². The van der Waals surface area contributed by atoms with E-state index in [1.54, 1.807) is 14.0 Å². The molecule has 0 saturated heterocycles. The number of aromatic nitrogens is 2. The van der Waals surface area contributed by atoms with Crippen molar-refractivity contribution in [2.24, 2.45) is 5.92 Å². The second kappa shape index (κ2) is 12.3. The van der Waals surface area contributed by atoms with Crippen molar-refractivity contribution >= 4 is 23.1 Å². The first-order valence-corrected chi connectivity index (χ1v) is 12.5. The van der Waals surface area contributed by atoms with Crippen molar-refractivity contribution in [3.8, 4) is 16.9 Å². The lowest BCUT2D eigenvalue weighted by Crippen LogP contribution is -2.30. The SMILES string of the molecule is CCCCC(CCC)n1cc(-c2cccc(N/C(=C/C(=N)NC(=O)C3CC3)C(C)=N)c2OC)cn1. The van der Waals surface area contributed by atoms with Crippen LogP contribution < -0.4 is 15.4 Å². The lowest BCUT2D eigenvalue weighted by atomic mass is 10.0. The summed E-state index contributed by atoms with van der Waals surface area (Å²) in [5.74, 6) is 0.470. The molecule has 1 aliphatic rings. The van der Waals surface area contributed by atoms with Crippen molar-refractivity contribution in [3.63, 3.8) is 0 Å². The van der Waals surface area contributed by atoms with E-state index in [9.17, 15) is 4.79 Å². The van der Waals surface area contributed by atoms with Crippen molar-refractivity contribution in [2.45, 2.75) is 71.8 Å². The number of carbonyl (C=O) groups is 1. The van der Waals surface area contributed by atoms with Gasteiger partial charge in [-0.15, -0.1) is 0 Å². The number of amidine groups is 1. The van der Waals surface area contributed by atoms with Crippen LogP contribution >= 0.6 is 0 Å². The third-order valence-electron chi connectivity index (χ3n) is 6.19. The minimum absolute atomic E-state index is 0.0119. The zero-order valence-electron chi connectivity index (χ0n) is 21.3. The minimum atomic E-state index is -0.134. The van der Waals surface area contributed by atoms with Gasteiger partial charge < -0.3 is 20.8 Å². The number of benzene rings is 1. The fourth-order valence-electron chi connectivity index (χ4n) is 4.09. The summed E-state index contributed by atoms with van der Waals surface area (Å²) in [6.45, 7) is 6.05. The van der Waals surface area contributed by atoms with Crippen molar-refractivity contribution < 1.29 is 9.53 Å². The summed E-state index contributed by atoms with van der Waals surface area (Å²) in [5, 5.41) is 26.8. The van der Waals surface area contributed by atoms with Gasteiger partial charge in [-0.3, -0.25) is 14.9 Å². The number of nitrogens with one attached hydrogen (secondary N) is 4. The van der Waals surface area contributed by atoms with E-state index in [4.69, 9.17) is 15.6 Å². The van der Waals surface area contributed by atoms with Crippen molar-refractivity contribution in [1.82, 2.24) is 15.1 Å². The number of ether oxygens (including phenoxy) is 1. The zero-order chi connectivity index (χ0) is 25.4. The first-order valence-electron chi connectivity index (χ1n) is 12.5. The highest BCUT2D eigenvalue weighted by Gasteiger charge is 2.29. The summed E-state index contributed by atoms with van der Waals surface area (Å²) in [4.78, 5) is 12.0. The summed E-state index contributed by atoms with van der Waals surface area (Å²) < 4.78 is 7.86. The number of nitrogens with zero attached hydrogens (tertiary/aromatic N) is 2. The van der Waals surface area contributed by atoms with Gasteiger partial charge in [0, 0.05) is 29.3 Å². The molecule has 0 aliphatic heterocycles. The van der Waals surface area contributed by atoms with Crippen LogP contribution in [0.3, 0.4) is 0 Å². The number of rotatable bonds is 13. The number of unbranched alkanes of at least 4 members (excludes halogenated alkanes) is 1. The van der Waals surface area contributed by atoms with Crippen LogP contribution in [0.25, 0.3) is 11.1 Å². The van der Waals surface area contributed by atoms with E-state index in [1.165, 1.54) is 18.9 Å². The maximum atomic E-state index is 12.0. The number of allylic oxidation sites excluding steroid dienone is 1. The molecule has 1 aromatic carbocycles. The van der Waals surface area contributed by atoms with E-state index in [0.29, 0.717) is 23.2 Å². The molecule has 188 valence electrons. The summed E-state index contributed by atoms with van der Waals surface area (Å²) in [6.07, 6.45) is 12.8. The Morgan fingerprint density at radius 3 is 2.66 bits per heavy atom. The molecule has 1 fully saturated rings. The molecule has 1 aliphatic carbocycles. The molecule has 35 heavy (non-hydrogen) atoms. The normalized spacial score (nSPS) is 14.3. The molecule has 0 bridgehead atoms. The molecular weight excluding hydrogens is 440 g/mol. The first kappa shape index (κ1) is 26.2. The Kier molecular flexibility index (Phi) is 9.23. The van der Waals surface area contributed by atoms with E-state index in [-0.39, 0.29) is 23.4 Å². The number of anilines is 1. The highest BCUT2D eigenvalue weighted by atomic mass is 16.5. The van der Waals surface area contributed by atoms with Crippen LogP contribution in [0.1, 0.15) is 71.8 Å². The molecule has 3 rings (SSSR count). The Morgan fingerprint density at radius 2 is 2.03 bits per heavy atom. The first-order chi connectivity index (χ1) is 16.9. The standard InChI is InChI=1S/C27H38N6O2/c1-5-7-10-21(9-6-2)33-17-20(16-30-33)22-11-8-12-23(26(22)35-4)31-24(18(3)28)15-25(29)32-27(34)19-13-14-19/h8,11-12,15-17,19,21,28,31H,5-7,9-10,13-14H2,1-4H3,(H2,29,32,34)/b24-15+,28-18?. The van der Waals surface area contributed by atoms with Gasteiger partial charge in [-0.05, 0) is 38.7 Å². The summed E-state index contributed by atoms with van der Waals surface area (Å²) in [7, 11) is 1.62. The predicted octanol–water partition coefficient (Wildman–Crippen LogP) is 5.93. The maximum Gasteiger partial charge on any atom is 0.228 e. The molecule has 1 amide bonds. The quantitative estimate of drug-likeness (QED) is 0.211. The fraction of sp³-hybridized carbons (Fsp3) is 0.481. The molecular formula is C27H38N6O2. The fourth-order valence-corrected chi connectivity index (χ4v) is 4.09. The molecule has 1 unspecified atom stereocenters. The molecule has 1 saturated carbocycles. The number of carbonyl (C=O) groups excluding carboxylic acids is 1. The van der Waals surface area contributed by atoms with Crippen LogP contribution in [-0.2, 0) is 4.79 Å². The Balaban J connectivity index is 1.85. The Bertz CT molecular complexity index is 1080. The summed E-state index contributed by atoms with van der Waals surface area (Å²) >= 11 is 0. The second-order valence-corrected chi connectivity index (χ2v) is 9.17. The number of amides is 1. The van der Waals surface area contributed by atoms with Gasteiger partial charge in [-0.2, -0.15) is 5.10 Å². The third-order valence-corrected chi connectivity index (χ3v) is 6.19. The summed E-state index contributed by atoms with van der Waals surface area (Å²) in [6, 6.07) is 6.17. The largest absolute Gasteiger partial charge is 0.494 e. The summed E-state index contributed by atoms with van der Waals surface area (Å²) in [5.41, 5.74) is 3.19. The number of hydrogen-bond acceptors (Lipinski definition) is 6. The van der Waals surface area contributed by atoms with Crippen molar-refractivity contribution in [2.75, 3.05) is 12.4 Å². The molecule has 2 aromatic rings.